The van der Waals surface area contributed by atoms with Gasteiger partial charge >= 0.3 is 6.61 Å². The van der Waals surface area contributed by atoms with Crippen LogP contribution in [0.2, 0.25) is 0 Å². The third-order valence-corrected chi connectivity index (χ3v) is 3.15. The van der Waals surface area contributed by atoms with Gasteiger partial charge in [0, 0.05) is 31.9 Å². The second-order valence-electron chi connectivity index (χ2n) is 5.16. The van der Waals surface area contributed by atoms with Crippen LogP contribution < -0.4 is 15.4 Å². The standard InChI is InChI=1S/C17H27F2N3O2.HI/c1-4-20-17(21-9-6-10-23-5-2)22-12-14-11-13(3)7-8-15(14)24-16(18)19;/h7-8,11,16H,4-6,9-10,12H2,1-3H3,(H2,20,21,22);1H. The normalized spacial score (nSPS) is 11.2. The minimum Gasteiger partial charge on any atom is -0.434 e. The van der Waals surface area contributed by atoms with Crippen LogP contribution in [0.1, 0.15) is 31.4 Å². The largest absolute Gasteiger partial charge is 0.434 e. The number of rotatable bonds is 10. The van der Waals surface area contributed by atoms with Gasteiger partial charge in [-0.15, -0.1) is 24.0 Å². The summed E-state index contributed by atoms with van der Waals surface area (Å²) in [6.07, 6.45) is 0.864. The highest BCUT2D eigenvalue weighted by molar-refractivity contribution is 14.0. The van der Waals surface area contributed by atoms with Crippen molar-refractivity contribution in [3.63, 3.8) is 0 Å². The maximum absolute atomic E-state index is 12.5. The minimum absolute atomic E-state index is 0. The van der Waals surface area contributed by atoms with E-state index in [2.05, 4.69) is 20.4 Å². The Hall–Kier alpha value is -1.16. The molecule has 0 aliphatic rings. The summed E-state index contributed by atoms with van der Waals surface area (Å²) >= 11 is 0. The van der Waals surface area contributed by atoms with Gasteiger partial charge in [0.2, 0.25) is 0 Å². The first-order valence-corrected chi connectivity index (χ1v) is 8.21. The van der Waals surface area contributed by atoms with Crippen LogP contribution in [0.25, 0.3) is 0 Å². The Balaban J connectivity index is 0.00000576. The maximum atomic E-state index is 12.5. The fourth-order valence-electron chi connectivity index (χ4n) is 2.07. The van der Waals surface area contributed by atoms with Gasteiger partial charge in [-0.2, -0.15) is 8.78 Å². The lowest BCUT2D eigenvalue weighted by atomic mass is 10.1. The average Bonchev–Trinajstić information content (AvgIpc) is 2.54. The molecule has 0 aliphatic heterocycles. The van der Waals surface area contributed by atoms with Gasteiger partial charge in [-0.25, -0.2) is 4.99 Å². The number of aliphatic imine (C=N–C) groups is 1. The first-order chi connectivity index (χ1) is 11.6. The van der Waals surface area contributed by atoms with Crippen LogP contribution in [0.3, 0.4) is 0 Å². The first-order valence-electron chi connectivity index (χ1n) is 8.21. The molecule has 0 aromatic heterocycles. The van der Waals surface area contributed by atoms with Crippen molar-refractivity contribution >= 4 is 29.9 Å². The molecule has 0 radical (unpaired) electrons. The Labute approximate surface area is 165 Å². The SMILES string of the molecule is CCNC(=NCc1cc(C)ccc1OC(F)F)NCCCOCC.I. The molecule has 5 nitrogen and oxygen atoms in total. The number of hydrogen-bond donors (Lipinski definition) is 2. The number of alkyl halides is 2. The van der Waals surface area contributed by atoms with E-state index in [4.69, 9.17) is 4.74 Å². The van der Waals surface area contributed by atoms with Gasteiger partial charge in [0.25, 0.3) is 0 Å². The molecule has 0 bridgehead atoms. The molecule has 2 N–H and O–H groups in total. The molecular weight excluding hydrogens is 443 g/mol. The van der Waals surface area contributed by atoms with Crippen molar-refractivity contribution in [2.75, 3.05) is 26.3 Å². The first kappa shape index (κ1) is 23.8. The zero-order valence-corrected chi connectivity index (χ0v) is 17.3. The third-order valence-electron chi connectivity index (χ3n) is 3.15. The quantitative estimate of drug-likeness (QED) is 0.237. The van der Waals surface area contributed by atoms with E-state index in [1.807, 2.05) is 20.8 Å². The number of benzene rings is 1. The molecular formula is C17H28F2IN3O2. The molecule has 0 unspecified atom stereocenters. The highest BCUT2D eigenvalue weighted by Crippen LogP contribution is 2.22. The lowest BCUT2D eigenvalue weighted by Gasteiger charge is -2.13. The number of nitrogens with zero attached hydrogens (tertiary/aromatic N) is 1. The maximum Gasteiger partial charge on any atom is 0.387 e. The Morgan fingerprint density at radius 3 is 2.64 bits per heavy atom. The lowest BCUT2D eigenvalue weighted by molar-refractivity contribution is -0.0504. The topological polar surface area (TPSA) is 54.9 Å². The summed E-state index contributed by atoms with van der Waals surface area (Å²) in [5.74, 6) is 0.796. The summed E-state index contributed by atoms with van der Waals surface area (Å²) in [5, 5.41) is 6.32. The second kappa shape index (κ2) is 14.1. The van der Waals surface area contributed by atoms with Crippen LogP contribution in [-0.4, -0.2) is 38.9 Å². The highest BCUT2D eigenvalue weighted by atomic mass is 127. The second-order valence-corrected chi connectivity index (χ2v) is 5.16. The lowest BCUT2D eigenvalue weighted by Crippen LogP contribution is -2.38. The van der Waals surface area contributed by atoms with Gasteiger partial charge in [-0.3, -0.25) is 0 Å². The van der Waals surface area contributed by atoms with Crippen LogP contribution in [0.15, 0.2) is 23.2 Å². The summed E-state index contributed by atoms with van der Waals surface area (Å²) in [7, 11) is 0. The number of ether oxygens (including phenoxy) is 2. The zero-order valence-electron chi connectivity index (χ0n) is 15.0. The number of aryl methyl sites for hydroxylation is 1. The molecule has 144 valence electrons. The predicted octanol–water partition coefficient (Wildman–Crippen LogP) is 3.70. The molecule has 0 saturated heterocycles. The Kier molecular flexibility index (Phi) is 13.4. The molecule has 1 rings (SSSR count). The fraction of sp³-hybridized carbons (Fsp3) is 0.588. The van der Waals surface area contributed by atoms with E-state index < -0.39 is 6.61 Å². The average molecular weight is 471 g/mol. The summed E-state index contributed by atoms with van der Waals surface area (Å²) < 4.78 is 34.8. The van der Waals surface area contributed by atoms with Crippen molar-refractivity contribution in [2.45, 2.75) is 40.3 Å². The van der Waals surface area contributed by atoms with E-state index in [0.29, 0.717) is 31.3 Å². The molecule has 0 atom stereocenters. The molecule has 1 aromatic carbocycles. The molecule has 1 aromatic rings. The van der Waals surface area contributed by atoms with Gasteiger partial charge in [-0.1, -0.05) is 17.7 Å². The van der Waals surface area contributed by atoms with Gasteiger partial charge in [-0.05, 0) is 33.3 Å². The molecule has 0 heterocycles. The van der Waals surface area contributed by atoms with Gasteiger partial charge in [0.15, 0.2) is 5.96 Å². The number of hydrogen-bond acceptors (Lipinski definition) is 3. The summed E-state index contributed by atoms with van der Waals surface area (Å²) in [6, 6.07) is 5.09. The van der Waals surface area contributed by atoms with E-state index in [-0.39, 0.29) is 36.3 Å². The van der Waals surface area contributed by atoms with E-state index in [9.17, 15) is 8.78 Å². The molecule has 0 fully saturated rings. The van der Waals surface area contributed by atoms with Crippen molar-refractivity contribution < 1.29 is 18.3 Å². The Bertz CT molecular complexity index is 517. The molecule has 0 aliphatic carbocycles. The molecule has 8 heteroatoms. The summed E-state index contributed by atoms with van der Waals surface area (Å²) in [5.41, 5.74) is 1.60. The zero-order chi connectivity index (χ0) is 17.8. The summed E-state index contributed by atoms with van der Waals surface area (Å²) in [4.78, 5) is 4.44. The van der Waals surface area contributed by atoms with Crippen molar-refractivity contribution in [1.82, 2.24) is 10.6 Å². The fourth-order valence-corrected chi connectivity index (χ4v) is 2.07. The molecule has 0 spiro atoms. The molecule has 0 amide bonds. The van der Waals surface area contributed by atoms with Crippen molar-refractivity contribution in [3.8, 4) is 5.75 Å². The van der Waals surface area contributed by atoms with Crippen molar-refractivity contribution in [2.24, 2.45) is 4.99 Å². The Morgan fingerprint density at radius 2 is 2.00 bits per heavy atom. The van der Waals surface area contributed by atoms with E-state index in [1.165, 1.54) is 0 Å². The van der Waals surface area contributed by atoms with Crippen LogP contribution in [0.4, 0.5) is 8.78 Å². The van der Waals surface area contributed by atoms with Gasteiger partial charge < -0.3 is 20.1 Å². The molecule has 0 saturated carbocycles. The monoisotopic (exact) mass is 471 g/mol. The number of halogens is 3. The smallest absolute Gasteiger partial charge is 0.387 e. The van der Waals surface area contributed by atoms with Crippen molar-refractivity contribution in [3.05, 3.63) is 29.3 Å². The van der Waals surface area contributed by atoms with Crippen LogP contribution in [0, 0.1) is 6.92 Å². The van der Waals surface area contributed by atoms with Gasteiger partial charge in [0.05, 0.1) is 6.54 Å². The van der Waals surface area contributed by atoms with Crippen LogP contribution in [0.5, 0.6) is 5.75 Å². The number of guanidine groups is 1. The van der Waals surface area contributed by atoms with E-state index >= 15 is 0 Å². The Morgan fingerprint density at radius 1 is 1.24 bits per heavy atom. The van der Waals surface area contributed by atoms with Crippen LogP contribution in [-0.2, 0) is 11.3 Å². The minimum atomic E-state index is -2.85. The van der Waals surface area contributed by atoms with Crippen LogP contribution >= 0.6 is 24.0 Å². The van der Waals surface area contributed by atoms with Crippen molar-refractivity contribution in [1.29, 1.82) is 0 Å². The number of nitrogens with one attached hydrogen (secondary N) is 2. The predicted molar refractivity (Wildman–Crippen MR) is 107 cm³/mol. The third kappa shape index (κ3) is 10.4. The summed E-state index contributed by atoms with van der Waals surface area (Å²) in [6.45, 7) is 6.06. The highest BCUT2D eigenvalue weighted by Gasteiger charge is 2.10. The molecule has 25 heavy (non-hydrogen) atoms. The van der Waals surface area contributed by atoms with Gasteiger partial charge in [0.1, 0.15) is 5.75 Å². The van der Waals surface area contributed by atoms with E-state index in [0.717, 1.165) is 18.5 Å². The van der Waals surface area contributed by atoms with E-state index in [1.54, 1.807) is 18.2 Å².